The Balaban J connectivity index is 1.85. The van der Waals surface area contributed by atoms with E-state index >= 15 is 0 Å². The molecule has 0 N–H and O–H groups in total. The van der Waals surface area contributed by atoms with Crippen molar-refractivity contribution >= 4 is 7.92 Å². The van der Waals surface area contributed by atoms with E-state index in [9.17, 15) is 0 Å². The van der Waals surface area contributed by atoms with Crippen LogP contribution in [0.2, 0.25) is 0 Å². The van der Waals surface area contributed by atoms with Crippen molar-refractivity contribution in [1.29, 1.82) is 0 Å². The van der Waals surface area contributed by atoms with Crippen molar-refractivity contribution in [2.45, 2.75) is 97.0 Å². The predicted octanol–water partition coefficient (Wildman–Crippen LogP) is 9.55. The van der Waals surface area contributed by atoms with Crippen LogP contribution in [-0.2, 0) is 0 Å². The van der Waals surface area contributed by atoms with Crippen LogP contribution in [0.4, 0.5) is 0 Å². The van der Waals surface area contributed by atoms with Gasteiger partial charge in [-0.3, -0.25) is 4.98 Å². The molecule has 0 aliphatic heterocycles. The fourth-order valence-corrected chi connectivity index (χ4v) is 10.3. The molecule has 2 bridgehead atoms. The number of aromatic nitrogens is 1. The lowest BCUT2D eigenvalue weighted by Gasteiger charge is -2.40. The number of allylic oxidation sites excluding steroid dienone is 2. The van der Waals surface area contributed by atoms with Crippen molar-refractivity contribution in [1.82, 2.24) is 4.98 Å². The second-order valence-electron chi connectivity index (χ2n) is 11.6. The third kappa shape index (κ3) is 4.86. The third-order valence-corrected chi connectivity index (χ3v) is 11.6. The second kappa shape index (κ2) is 10.0. The smallest absolute Gasteiger partial charge is 0.0711 e. The summed E-state index contributed by atoms with van der Waals surface area (Å²) in [6.07, 6.45) is 7.75. The van der Waals surface area contributed by atoms with Gasteiger partial charge >= 0.3 is 0 Å². The zero-order valence-electron chi connectivity index (χ0n) is 22.0. The average Bonchev–Trinajstić information content (AvgIpc) is 3.39. The number of pyridine rings is 1. The Kier molecular flexibility index (Phi) is 7.50. The lowest BCUT2D eigenvalue weighted by Crippen LogP contribution is -2.23. The van der Waals surface area contributed by atoms with Crippen LogP contribution in [0.1, 0.15) is 103 Å². The topological polar surface area (TPSA) is 12.9 Å². The molecule has 33 heavy (non-hydrogen) atoms. The molecule has 2 heteroatoms. The van der Waals surface area contributed by atoms with Gasteiger partial charge in [0.1, 0.15) is 0 Å². The molecule has 2 aliphatic rings. The fraction of sp³-hybridized carbons (Fsp3) is 0.581. The molecule has 2 aliphatic carbocycles. The van der Waals surface area contributed by atoms with Gasteiger partial charge in [-0.15, -0.1) is 0 Å². The van der Waals surface area contributed by atoms with E-state index in [1.807, 2.05) is 0 Å². The monoisotopic (exact) mass is 461 g/mol. The molecule has 1 aromatic heterocycles. The first-order valence-electron chi connectivity index (χ1n) is 13.2. The molecule has 4 atom stereocenters. The van der Waals surface area contributed by atoms with Crippen LogP contribution in [0.3, 0.4) is 0 Å². The van der Waals surface area contributed by atoms with Gasteiger partial charge in [0.05, 0.1) is 5.69 Å². The van der Waals surface area contributed by atoms with Gasteiger partial charge in [-0.2, -0.15) is 0 Å². The van der Waals surface area contributed by atoms with Crippen LogP contribution >= 0.6 is 7.92 Å². The van der Waals surface area contributed by atoms with Crippen molar-refractivity contribution in [3.8, 4) is 11.3 Å². The van der Waals surface area contributed by atoms with Crippen LogP contribution in [-0.4, -0.2) is 16.3 Å². The Bertz CT molecular complexity index is 952. The van der Waals surface area contributed by atoms with Gasteiger partial charge in [0.25, 0.3) is 0 Å². The summed E-state index contributed by atoms with van der Waals surface area (Å²) >= 11 is 0. The summed E-state index contributed by atoms with van der Waals surface area (Å²) < 4.78 is 0. The van der Waals surface area contributed by atoms with E-state index in [2.05, 4.69) is 104 Å². The van der Waals surface area contributed by atoms with Crippen molar-refractivity contribution in [2.24, 2.45) is 17.8 Å². The minimum Gasteiger partial charge on any atom is -0.252 e. The van der Waals surface area contributed by atoms with E-state index in [1.165, 1.54) is 40.9 Å². The Morgan fingerprint density at radius 1 is 0.758 bits per heavy atom. The zero-order chi connectivity index (χ0) is 23.9. The minimum atomic E-state index is -0.159. The third-order valence-electron chi connectivity index (χ3n) is 7.95. The number of benzene rings is 1. The molecule has 2 aromatic rings. The molecule has 1 aromatic carbocycles. The van der Waals surface area contributed by atoms with Crippen molar-refractivity contribution in [3.05, 3.63) is 65.4 Å². The molecule has 1 saturated carbocycles. The number of fused-ring (bicyclic) bond motifs is 2. The normalized spacial score (nSPS) is 23.1. The summed E-state index contributed by atoms with van der Waals surface area (Å²) in [6, 6.07) is 13.8. The Morgan fingerprint density at radius 2 is 1.36 bits per heavy atom. The Hall–Kier alpha value is -1.46. The van der Waals surface area contributed by atoms with Gasteiger partial charge in [-0.05, 0) is 77.0 Å². The summed E-state index contributed by atoms with van der Waals surface area (Å²) in [5.41, 5.74) is 8.82. The summed E-state index contributed by atoms with van der Waals surface area (Å²) in [5, 5.41) is 0. The molecular weight excluding hydrogens is 417 g/mol. The highest BCUT2D eigenvalue weighted by atomic mass is 31.1. The molecule has 0 saturated heterocycles. The van der Waals surface area contributed by atoms with Crippen molar-refractivity contribution < 1.29 is 0 Å². The first-order chi connectivity index (χ1) is 15.7. The molecular formula is C31H44NP. The highest BCUT2D eigenvalue weighted by Gasteiger charge is 2.45. The Labute approximate surface area is 204 Å². The lowest BCUT2D eigenvalue weighted by atomic mass is 9.86. The number of hydrogen-bond acceptors (Lipinski definition) is 1. The largest absolute Gasteiger partial charge is 0.252 e. The SMILES string of the molecule is CC(C)c1cccc(C(C)C)c1-c1cccc(C(C2C[C@H]3C=C[C@@H]2C3)P(C(C)C)C(C)C)n1. The molecule has 4 rings (SSSR count). The minimum absolute atomic E-state index is 0.159. The molecule has 1 fully saturated rings. The van der Waals surface area contributed by atoms with Crippen molar-refractivity contribution in [3.63, 3.8) is 0 Å². The van der Waals surface area contributed by atoms with Gasteiger partial charge in [0.2, 0.25) is 0 Å². The average molecular weight is 462 g/mol. The maximum atomic E-state index is 5.54. The number of nitrogens with zero attached hydrogens (tertiary/aromatic N) is 1. The molecule has 0 radical (unpaired) electrons. The van der Waals surface area contributed by atoms with Crippen LogP contribution in [0.5, 0.6) is 0 Å². The Morgan fingerprint density at radius 3 is 1.85 bits per heavy atom. The lowest BCUT2D eigenvalue weighted by molar-refractivity contribution is 0.426. The fourth-order valence-electron chi connectivity index (χ4n) is 6.62. The van der Waals surface area contributed by atoms with Crippen LogP contribution < -0.4 is 0 Å². The quantitative estimate of drug-likeness (QED) is 0.282. The highest BCUT2D eigenvalue weighted by Crippen LogP contribution is 2.66. The van der Waals surface area contributed by atoms with Gasteiger partial charge < -0.3 is 0 Å². The van der Waals surface area contributed by atoms with E-state index < -0.39 is 0 Å². The summed E-state index contributed by atoms with van der Waals surface area (Å²) in [5.74, 6) is 3.28. The van der Waals surface area contributed by atoms with E-state index in [0.717, 1.165) is 17.8 Å². The zero-order valence-corrected chi connectivity index (χ0v) is 22.9. The molecule has 178 valence electrons. The van der Waals surface area contributed by atoms with Crippen LogP contribution in [0, 0.1) is 17.8 Å². The first-order valence-corrected chi connectivity index (χ1v) is 14.8. The maximum Gasteiger partial charge on any atom is 0.0711 e. The molecule has 0 spiro atoms. The van der Waals surface area contributed by atoms with Crippen molar-refractivity contribution in [2.75, 3.05) is 0 Å². The van der Waals surface area contributed by atoms with Gasteiger partial charge in [-0.1, -0.05) is 99.7 Å². The van der Waals surface area contributed by atoms with E-state index in [-0.39, 0.29) is 7.92 Å². The molecule has 1 nitrogen and oxygen atoms in total. The first kappa shape index (κ1) is 24.7. The molecule has 2 unspecified atom stereocenters. The van der Waals surface area contributed by atoms with E-state index in [0.29, 0.717) is 28.8 Å². The predicted molar refractivity (Wildman–Crippen MR) is 147 cm³/mol. The van der Waals surface area contributed by atoms with Gasteiger partial charge in [0, 0.05) is 16.9 Å². The van der Waals surface area contributed by atoms with Gasteiger partial charge in [-0.25, -0.2) is 0 Å². The summed E-state index contributed by atoms with van der Waals surface area (Å²) in [6.45, 7) is 19.1. The molecule has 1 heterocycles. The molecule has 0 amide bonds. The summed E-state index contributed by atoms with van der Waals surface area (Å²) in [4.78, 5) is 5.54. The van der Waals surface area contributed by atoms with Crippen LogP contribution in [0.25, 0.3) is 11.3 Å². The van der Waals surface area contributed by atoms with E-state index in [1.54, 1.807) is 0 Å². The standard InChI is InChI=1S/C31H44NP/c1-19(2)25-11-9-12-26(20(3)4)30(25)28-13-10-14-29(32-28)31(33(21(5)6)22(7)8)27-18-23-15-16-24(27)17-23/h9-16,19-24,27,31H,17-18H2,1-8H3/t23-,24+,27?,31?/m0/s1. The summed E-state index contributed by atoms with van der Waals surface area (Å²) in [7, 11) is -0.159. The number of hydrogen-bond donors (Lipinski definition) is 0. The van der Waals surface area contributed by atoms with E-state index in [4.69, 9.17) is 4.98 Å². The van der Waals surface area contributed by atoms with Gasteiger partial charge in [0.15, 0.2) is 0 Å². The highest BCUT2D eigenvalue weighted by molar-refractivity contribution is 7.59. The maximum absolute atomic E-state index is 5.54. The number of rotatable bonds is 8. The second-order valence-corrected chi connectivity index (χ2v) is 15.1. The van der Waals surface area contributed by atoms with Crippen LogP contribution in [0.15, 0.2) is 48.6 Å².